The van der Waals surface area contributed by atoms with Crippen LogP contribution in [0.3, 0.4) is 0 Å². The molecule has 0 saturated heterocycles. The maximum absolute atomic E-state index is 12.2. The predicted molar refractivity (Wildman–Crippen MR) is 80.4 cm³/mol. The van der Waals surface area contributed by atoms with E-state index in [0.717, 1.165) is 10.2 Å². The number of aryl methyl sites for hydroxylation is 1. The molecule has 2 heterocycles. The summed E-state index contributed by atoms with van der Waals surface area (Å²) in [6.07, 6.45) is 4.87. The van der Waals surface area contributed by atoms with E-state index >= 15 is 0 Å². The summed E-state index contributed by atoms with van der Waals surface area (Å²) >= 11 is 3.29. The number of hydrogen-bond acceptors (Lipinski definition) is 4. The second-order valence-corrected chi connectivity index (χ2v) is 5.86. The third kappa shape index (κ3) is 3.89. The smallest absolute Gasteiger partial charge is 0.254 e. The van der Waals surface area contributed by atoms with Crippen molar-refractivity contribution in [3.8, 4) is 6.07 Å². The number of pyridine rings is 1. The Morgan fingerprint density at radius 3 is 2.81 bits per heavy atom. The molecule has 108 valence electrons. The van der Waals surface area contributed by atoms with Gasteiger partial charge < -0.3 is 5.32 Å². The average molecular weight is 348 g/mol. The number of hydrogen-bond donors (Lipinski definition) is 1. The number of halogens is 1. The third-order valence-electron chi connectivity index (χ3n) is 2.89. The monoisotopic (exact) mass is 347 g/mol. The van der Waals surface area contributed by atoms with Gasteiger partial charge in [0.1, 0.15) is 5.54 Å². The van der Waals surface area contributed by atoms with E-state index < -0.39 is 5.54 Å². The number of rotatable bonds is 4. The van der Waals surface area contributed by atoms with E-state index in [0.29, 0.717) is 5.56 Å². The van der Waals surface area contributed by atoms with Gasteiger partial charge >= 0.3 is 0 Å². The highest BCUT2D eigenvalue weighted by Crippen LogP contribution is 2.12. The van der Waals surface area contributed by atoms with Crippen LogP contribution in [0.25, 0.3) is 0 Å². The zero-order chi connectivity index (χ0) is 15.5. The Morgan fingerprint density at radius 2 is 2.29 bits per heavy atom. The Kier molecular flexibility index (Phi) is 4.38. The third-order valence-corrected chi connectivity index (χ3v) is 3.30. The van der Waals surface area contributed by atoms with Crippen LogP contribution in [0.4, 0.5) is 0 Å². The fourth-order valence-corrected chi connectivity index (χ4v) is 2.10. The van der Waals surface area contributed by atoms with Crippen molar-refractivity contribution in [1.82, 2.24) is 20.1 Å². The molecule has 21 heavy (non-hydrogen) atoms. The second kappa shape index (κ2) is 6.06. The van der Waals surface area contributed by atoms with Gasteiger partial charge in [-0.3, -0.25) is 14.5 Å². The number of carbonyl (C=O) groups is 1. The zero-order valence-corrected chi connectivity index (χ0v) is 13.3. The van der Waals surface area contributed by atoms with Crippen LogP contribution in [0.2, 0.25) is 0 Å². The van der Waals surface area contributed by atoms with Crippen LogP contribution in [-0.2, 0) is 6.54 Å². The van der Waals surface area contributed by atoms with E-state index in [1.165, 1.54) is 6.20 Å². The summed E-state index contributed by atoms with van der Waals surface area (Å²) in [5, 5.41) is 16.2. The first-order valence-corrected chi connectivity index (χ1v) is 7.05. The van der Waals surface area contributed by atoms with Crippen molar-refractivity contribution in [2.45, 2.75) is 25.9 Å². The zero-order valence-electron chi connectivity index (χ0n) is 11.7. The molecule has 1 atom stereocenters. The van der Waals surface area contributed by atoms with Crippen LogP contribution in [-0.4, -0.2) is 26.2 Å². The van der Waals surface area contributed by atoms with E-state index in [1.807, 2.05) is 6.92 Å². The molecule has 0 spiro atoms. The van der Waals surface area contributed by atoms with Gasteiger partial charge in [-0.2, -0.15) is 10.4 Å². The van der Waals surface area contributed by atoms with Gasteiger partial charge in [-0.05, 0) is 41.9 Å². The van der Waals surface area contributed by atoms with Crippen molar-refractivity contribution in [3.05, 3.63) is 46.5 Å². The van der Waals surface area contributed by atoms with Crippen molar-refractivity contribution < 1.29 is 4.79 Å². The number of nitriles is 1. The lowest BCUT2D eigenvalue weighted by Gasteiger charge is -2.23. The van der Waals surface area contributed by atoms with Crippen molar-refractivity contribution in [1.29, 1.82) is 5.26 Å². The summed E-state index contributed by atoms with van der Waals surface area (Å²) in [6.45, 7) is 3.75. The molecule has 2 aromatic rings. The quantitative estimate of drug-likeness (QED) is 0.917. The summed E-state index contributed by atoms with van der Waals surface area (Å²) in [4.78, 5) is 16.3. The summed E-state index contributed by atoms with van der Waals surface area (Å²) in [5.41, 5.74) is 0.188. The van der Waals surface area contributed by atoms with E-state index in [1.54, 1.807) is 36.1 Å². The van der Waals surface area contributed by atoms with Crippen molar-refractivity contribution in [2.75, 3.05) is 0 Å². The maximum Gasteiger partial charge on any atom is 0.254 e. The lowest BCUT2D eigenvalue weighted by molar-refractivity contribution is 0.0917. The molecule has 0 fully saturated rings. The van der Waals surface area contributed by atoms with Crippen LogP contribution in [0.15, 0.2) is 35.2 Å². The highest BCUT2D eigenvalue weighted by Gasteiger charge is 2.27. The number of carbonyl (C=O) groups excluding carboxylic acids is 1. The van der Waals surface area contributed by atoms with Gasteiger partial charge in [-0.1, -0.05) is 0 Å². The summed E-state index contributed by atoms with van der Waals surface area (Å²) in [6, 6.07) is 5.55. The van der Waals surface area contributed by atoms with Gasteiger partial charge in [0.25, 0.3) is 5.91 Å². The Morgan fingerprint density at radius 1 is 1.52 bits per heavy atom. The minimum Gasteiger partial charge on any atom is -0.332 e. The van der Waals surface area contributed by atoms with E-state index in [-0.39, 0.29) is 12.5 Å². The van der Waals surface area contributed by atoms with Crippen molar-refractivity contribution in [2.24, 2.45) is 0 Å². The second-order valence-electron chi connectivity index (χ2n) is 4.94. The standard InChI is InChI=1S/C14H14BrN5O/c1-10-3-4-11(5-17-10)13(21)19-14(2,8-16)9-20-7-12(15)6-18-20/h3-7H,9H2,1-2H3,(H,19,21). The summed E-state index contributed by atoms with van der Waals surface area (Å²) in [5.74, 6) is -0.335. The minimum absolute atomic E-state index is 0.250. The normalized spacial score (nSPS) is 13.2. The molecule has 0 saturated carbocycles. The molecule has 0 aliphatic heterocycles. The van der Waals surface area contributed by atoms with Crippen molar-refractivity contribution >= 4 is 21.8 Å². The molecule has 0 bridgehead atoms. The lowest BCUT2D eigenvalue weighted by Crippen LogP contribution is -2.48. The summed E-state index contributed by atoms with van der Waals surface area (Å²) in [7, 11) is 0. The highest BCUT2D eigenvalue weighted by atomic mass is 79.9. The summed E-state index contributed by atoms with van der Waals surface area (Å²) < 4.78 is 2.41. The molecule has 7 heteroatoms. The Bertz CT molecular complexity index is 688. The Balaban J connectivity index is 2.12. The van der Waals surface area contributed by atoms with Crippen LogP contribution in [0, 0.1) is 18.3 Å². The first-order valence-electron chi connectivity index (χ1n) is 6.26. The number of amides is 1. The van der Waals surface area contributed by atoms with Crippen LogP contribution in [0.1, 0.15) is 23.0 Å². The van der Waals surface area contributed by atoms with Gasteiger partial charge in [0, 0.05) is 18.1 Å². The van der Waals surface area contributed by atoms with Crippen LogP contribution < -0.4 is 5.32 Å². The van der Waals surface area contributed by atoms with E-state index in [4.69, 9.17) is 0 Å². The fraction of sp³-hybridized carbons (Fsp3) is 0.286. The van der Waals surface area contributed by atoms with Gasteiger partial charge in [0.05, 0.1) is 28.8 Å². The van der Waals surface area contributed by atoms with Crippen molar-refractivity contribution in [3.63, 3.8) is 0 Å². The molecule has 0 aromatic carbocycles. The topological polar surface area (TPSA) is 83.6 Å². The number of aromatic nitrogens is 3. The largest absolute Gasteiger partial charge is 0.332 e. The molecule has 0 aliphatic rings. The maximum atomic E-state index is 12.2. The number of nitrogens with zero attached hydrogens (tertiary/aromatic N) is 4. The molecule has 1 amide bonds. The molecule has 6 nitrogen and oxygen atoms in total. The molecule has 2 rings (SSSR count). The van der Waals surface area contributed by atoms with E-state index in [9.17, 15) is 10.1 Å². The minimum atomic E-state index is -1.06. The first kappa shape index (κ1) is 15.2. The first-order chi connectivity index (χ1) is 9.92. The van der Waals surface area contributed by atoms with Crippen LogP contribution in [0.5, 0.6) is 0 Å². The molecule has 0 aliphatic carbocycles. The SMILES string of the molecule is Cc1ccc(C(=O)NC(C)(C#N)Cn2cc(Br)cn2)cn1. The molecular formula is C14H14BrN5O. The molecule has 2 aromatic heterocycles. The molecular weight excluding hydrogens is 334 g/mol. The fourth-order valence-electron chi connectivity index (χ4n) is 1.78. The van der Waals surface area contributed by atoms with Gasteiger partial charge in [-0.15, -0.1) is 0 Å². The molecule has 1 N–H and O–H groups in total. The highest BCUT2D eigenvalue weighted by molar-refractivity contribution is 9.10. The Hall–Kier alpha value is -2.20. The van der Waals surface area contributed by atoms with Gasteiger partial charge in [0.15, 0.2) is 0 Å². The average Bonchev–Trinajstić information content (AvgIpc) is 2.84. The van der Waals surface area contributed by atoms with Gasteiger partial charge in [-0.25, -0.2) is 0 Å². The lowest BCUT2D eigenvalue weighted by atomic mass is 10.0. The van der Waals surface area contributed by atoms with Crippen LogP contribution >= 0.6 is 15.9 Å². The molecule has 0 radical (unpaired) electrons. The Labute approximate surface area is 130 Å². The number of nitrogens with one attached hydrogen (secondary N) is 1. The van der Waals surface area contributed by atoms with Gasteiger partial charge in [0.2, 0.25) is 0 Å². The predicted octanol–water partition coefficient (Wildman–Crippen LogP) is 2.06. The van der Waals surface area contributed by atoms with E-state index in [2.05, 4.69) is 37.4 Å². The molecule has 1 unspecified atom stereocenters.